The summed E-state index contributed by atoms with van der Waals surface area (Å²) in [5.74, 6) is -0.733. The Morgan fingerprint density at radius 3 is 2.71 bits per heavy atom. The fraction of sp³-hybridized carbons (Fsp3) is 0.375. The van der Waals surface area contributed by atoms with Crippen LogP contribution in [-0.2, 0) is 4.79 Å². The molecule has 1 aromatic heterocycles. The van der Waals surface area contributed by atoms with Gasteiger partial charge in [0.2, 0.25) is 0 Å². The van der Waals surface area contributed by atoms with Crippen LogP contribution in [0.2, 0.25) is 0 Å². The zero-order valence-electron chi connectivity index (χ0n) is 7.67. The van der Waals surface area contributed by atoms with E-state index >= 15 is 0 Å². The first-order valence-electron chi connectivity index (χ1n) is 3.99. The summed E-state index contributed by atoms with van der Waals surface area (Å²) in [7, 11) is 0. The smallest absolute Gasteiger partial charge is 0.321 e. The van der Waals surface area contributed by atoms with Gasteiger partial charge in [-0.1, -0.05) is 11.8 Å². The lowest BCUT2D eigenvalue weighted by Crippen LogP contribution is -2.32. The van der Waals surface area contributed by atoms with Crippen LogP contribution in [0.25, 0.3) is 0 Å². The molecule has 1 aromatic rings. The molecule has 0 aliphatic heterocycles. The Hall–Kier alpha value is -1.14. The van der Waals surface area contributed by atoms with Gasteiger partial charge in [0.1, 0.15) is 6.04 Å². The third kappa shape index (κ3) is 3.31. The lowest BCUT2D eigenvalue weighted by molar-refractivity contribution is -0.137. The van der Waals surface area contributed by atoms with Gasteiger partial charge in [0.05, 0.1) is 0 Å². The van der Waals surface area contributed by atoms with E-state index in [1.165, 1.54) is 11.8 Å². The molecule has 0 bridgehead atoms. The summed E-state index contributed by atoms with van der Waals surface area (Å²) in [5.41, 5.74) is 6.29. The molecule has 0 saturated carbocycles. The molecule has 1 atom stereocenters. The highest BCUT2D eigenvalue weighted by Gasteiger charge is 2.12. The van der Waals surface area contributed by atoms with Crippen molar-refractivity contribution in [2.24, 2.45) is 5.73 Å². The average molecular weight is 213 g/mol. The fourth-order valence-corrected chi connectivity index (χ4v) is 1.42. The Balaban J connectivity index is 2.46. The molecule has 0 saturated heterocycles. The zero-order chi connectivity index (χ0) is 10.6. The summed E-state index contributed by atoms with van der Waals surface area (Å²) < 4.78 is 0. The first kappa shape index (κ1) is 10.9. The Labute approximate surface area is 85.7 Å². The molecule has 1 heterocycles. The van der Waals surface area contributed by atoms with Gasteiger partial charge in [-0.25, -0.2) is 9.97 Å². The summed E-state index contributed by atoms with van der Waals surface area (Å²) in [6.45, 7) is 1.89. The second-order valence-corrected chi connectivity index (χ2v) is 3.79. The molecule has 1 unspecified atom stereocenters. The van der Waals surface area contributed by atoms with Gasteiger partial charge in [-0.3, -0.25) is 4.79 Å². The maximum absolute atomic E-state index is 10.4. The highest BCUT2D eigenvalue weighted by Crippen LogP contribution is 2.12. The second kappa shape index (κ2) is 4.92. The Morgan fingerprint density at radius 2 is 2.21 bits per heavy atom. The number of hydrogen-bond donors (Lipinski definition) is 2. The van der Waals surface area contributed by atoms with Crippen molar-refractivity contribution >= 4 is 17.7 Å². The van der Waals surface area contributed by atoms with Crippen molar-refractivity contribution in [3.63, 3.8) is 0 Å². The van der Waals surface area contributed by atoms with Crippen molar-refractivity contribution in [2.75, 3.05) is 5.75 Å². The molecule has 0 radical (unpaired) electrons. The van der Waals surface area contributed by atoms with Gasteiger partial charge in [0.25, 0.3) is 0 Å². The molecule has 76 valence electrons. The zero-order valence-corrected chi connectivity index (χ0v) is 8.49. The first-order valence-corrected chi connectivity index (χ1v) is 4.98. The van der Waals surface area contributed by atoms with Gasteiger partial charge in [-0.2, -0.15) is 0 Å². The van der Waals surface area contributed by atoms with Crippen LogP contribution in [-0.4, -0.2) is 32.8 Å². The van der Waals surface area contributed by atoms with E-state index in [-0.39, 0.29) is 5.75 Å². The molecule has 0 spiro atoms. The third-order valence-corrected chi connectivity index (χ3v) is 2.46. The topological polar surface area (TPSA) is 89.1 Å². The molecule has 0 aliphatic rings. The normalized spacial score (nSPS) is 12.4. The SMILES string of the molecule is Cc1cnc(SCC(N)C(=O)O)nc1. The van der Waals surface area contributed by atoms with Crippen molar-refractivity contribution in [3.8, 4) is 0 Å². The number of carbonyl (C=O) groups is 1. The number of carboxylic acid groups (broad SMARTS) is 1. The van der Waals surface area contributed by atoms with E-state index in [0.29, 0.717) is 5.16 Å². The standard InChI is InChI=1S/C8H11N3O2S/c1-5-2-10-8(11-3-5)14-4-6(9)7(12)13/h2-3,6H,4,9H2,1H3,(H,12,13). The lowest BCUT2D eigenvalue weighted by Gasteiger charge is -2.04. The van der Waals surface area contributed by atoms with Crippen molar-refractivity contribution < 1.29 is 9.90 Å². The van der Waals surface area contributed by atoms with E-state index in [9.17, 15) is 4.79 Å². The van der Waals surface area contributed by atoms with Crippen LogP contribution in [0.3, 0.4) is 0 Å². The largest absolute Gasteiger partial charge is 0.480 e. The lowest BCUT2D eigenvalue weighted by atomic mass is 10.4. The number of hydrogen-bond acceptors (Lipinski definition) is 5. The number of aromatic nitrogens is 2. The first-order chi connectivity index (χ1) is 6.59. The highest BCUT2D eigenvalue weighted by molar-refractivity contribution is 7.99. The number of thioether (sulfide) groups is 1. The second-order valence-electron chi connectivity index (χ2n) is 2.80. The van der Waals surface area contributed by atoms with Gasteiger partial charge in [-0.05, 0) is 12.5 Å². The quantitative estimate of drug-likeness (QED) is 0.552. The van der Waals surface area contributed by atoms with E-state index in [0.717, 1.165) is 5.56 Å². The minimum absolute atomic E-state index is 0.276. The van der Waals surface area contributed by atoms with Crippen LogP contribution in [0.5, 0.6) is 0 Å². The Kier molecular flexibility index (Phi) is 3.84. The summed E-state index contributed by atoms with van der Waals surface area (Å²) in [6.07, 6.45) is 3.36. The van der Waals surface area contributed by atoms with Crippen LogP contribution in [0, 0.1) is 6.92 Å². The van der Waals surface area contributed by atoms with E-state index in [1.54, 1.807) is 12.4 Å². The molecule has 0 aliphatic carbocycles. The molecule has 0 aromatic carbocycles. The van der Waals surface area contributed by atoms with Crippen molar-refractivity contribution in [2.45, 2.75) is 18.1 Å². The summed E-state index contributed by atoms with van der Waals surface area (Å²) in [5, 5.41) is 9.07. The number of aliphatic carboxylic acids is 1. The van der Waals surface area contributed by atoms with Gasteiger partial charge in [-0.15, -0.1) is 0 Å². The molecule has 3 N–H and O–H groups in total. The summed E-state index contributed by atoms with van der Waals surface area (Å²) in [6, 6.07) is -0.870. The van der Waals surface area contributed by atoms with Crippen molar-refractivity contribution in [3.05, 3.63) is 18.0 Å². The van der Waals surface area contributed by atoms with Crippen LogP contribution in [0.15, 0.2) is 17.6 Å². The highest BCUT2D eigenvalue weighted by atomic mass is 32.2. The van der Waals surface area contributed by atoms with E-state index in [1.807, 2.05) is 6.92 Å². The minimum Gasteiger partial charge on any atom is -0.480 e. The van der Waals surface area contributed by atoms with Crippen molar-refractivity contribution in [1.82, 2.24) is 9.97 Å². The Bertz CT molecular complexity index is 315. The predicted octanol–water partition coefficient (Wildman–Crippen LogP) is 0.289. The van der Waals surface area contributed by atoms with Crippen LogP contribution < -0.4 is 5.73 Å². The van der Waals surface area contributed by atoms with Crippen LogP contribution >= 0.6 is 11.8 Å². The molecule has 6 heteroatoms. The maximum Gasteiger partial charge on any atom is 0.321 e. The summed E-state index contributed by atoms with van der Waals surface area (Å²) in [4.78, 5) is 18.4. The maximum atomic E-state index is 10.4. The van der Waals surface area contributed by atoms with Gasteiger partial charge < -0.3 is 10.8 Å². The van der Waals surface area contributed by atoms with Crippen LogP contribution in [0.4, 0.5) is 0 Å². The number of nitrogens with two attached hydrogens (primary N) is 1. The Morgan fingerprint density at radius 1 is 1.64 bits per heavy atom. The monoisotopic (exact) mass is 213 g/mol. The van der Waals surface area contributed by atoms with Crippen molar-refractivity contribution in [1.29, 1.82) is 0 Å². The number of aryl methyl sites for hydroxylation is 1. The number of rotatable bonds is 4. The molecule has 5 nitrogen and oxygen atoms in total. The molecule has 0 amide bonds. The number of nitrogens with zero attached hydrogens (tertiary/aromatic N) is 2. The van der Waals surface area contributed by atoms with Gasteiger partial charge in [0.15, 0.2) is 5.16 Å². The van der Waals surface area contributed by atoms with E-state index in [4.69, 9.17) is 10.8 Å². The minimum atomic E-state index is -1.01. The molecule has 14 heavy (non-hydrogen) atoms. The molecule has 0 fully saturated rings. The predicted molar refractivity (Wildman–Crippen MR) is 53.1 cm³/mol. The number of carboxylic acids is 1. The van der Waals surface area contributed by atoms with Gasteiger partial charge >= 0.3 is 5.97 Å². The molecular formula is C8H11N3O2S. The van der Waals surface area contributed by atoms with Gasteiger partial charge in [0, 0.05) is 18.1 Å². The van der Waals surface area contributed by atoms with E-state index in [2.05, 4.69) is 9.97 Å². The molecule has 1 rings (SSSR count). The van der Waals surface area contributed by atoms with Crippen LogP contribution in [0.1, 0.15) is 5.56 Å². The fourth-order valence-electron chi connectivity index (χ4n) is 0.691. The third-order valence-electron chi connectivity index (χ3n) is 1.47. The molecular weight excluding hydrogens is 202 g/mol. The summed E-state index contributed by atoms with van der Waals surface area (Å²) >= 11 is 1.24. The average Bonchev–Trinajstić information content (AvgIpc) is 2.16. The van der Waals surface area contributed by atoms with E-state index < -0.39 is 12.0 Å².